The fraction of sp³-hybridized carbons (Fsp3) is 0.389. The van der Waals surface area contributed by atoms with Gasteiger partial charge in [0.1, 0.15) is 0 Å². The molecule has 1 fully saturated rings. The molecule has 3 nitrogen and oxygen atoms in total. The van der Waals surface area contributed by atoms with Gasteiger partial charge in [-0.15, -0.1) is 11.3 Å². The van der Waals surface area contributed by atoms with Crippen LogP contribution < -0.4 is 5.32 Å². The van der Waals surface area contributed by atoms with Gasteiger partial charge in [0.05, 0.1) is 4.88 Å². The lowest BCUT2D eigenvalue weighted by atomic mass is 10.0. The summed E-state index contributed by atoms with van der Waals surface area (Å²) in [6, 6.07) is 14.7. The second-order valence-corrected chi connectivity index (χ2v) is 6.77. The SMILES string of the molecule is O=C(N[C@@H]1CCCN(CCc2ccccc2)C1)c1cccs1. The molecule has 1 aromatic carbocycles. The smallest absolute Gasteiger partial charge is 0.261 e. The summed E-state index contributed by atoms with van der Waals surface area (Å²) in [4.78, 5) is 15.4. The molecular formula is C18H22N2OS. The van der Waals surface area contributed by atoms with Crippen LogP contribution in [0.1, 0.15) is 28.1 Å². The highest BCUT2D eigenvalue weighted by Gasteiger charge is 2.21. The van der Waals surface area contributed by atoms with Crippen molar-refractivity contribution in [1.29, 1.82) is 0 Å². The lowest BCUT2D eigenvalue weighted by Crippen LogP contribution is -2.48. The first-order valence-electron chi connectivity index (χ1n) is 7.92. The van der Waals surface area contributed by atoms with Crippen LogP contribution in [0, 0.1) is 0 Å². The van der Waals surface area contributed by atoms with Crippen LogP contribution in [-0.2, 0) is 6.42 Å². The average molecular weight is 314 g/mol. The molecule has 0 spiro atoms. The van der Waals surface area contributed by atoms with Crippen molar-refractivity contribution in [2.75, 3.05) is 19.6 Å². The van der Waals surface area contributed by atoms with Gasteiger partial charge in [-0.05, 0) is 42.8 Å². The van der Waals surface area contributed by atoms with Crippen LogP contribution >= 0.6 is 11.3 Å². The Bertz CT molecular complexity index is 582. The Morgan fingerprint density at radius 2 is 2.09 bits per heavy atom. The Labute approximate surface area is 136 Å². The van der Waals surface area contributed by atoms with Crippen molar-refractivity contribution in [1.82, 2.24) is 10.2 Å². The molecule has 1 aliphatic rings. The van der Waals surface area contributed by atoms with Crippen LogP contribution in [0.4, 0.5) is 0 Å². The van der Waals surface area contributed by atoms with Gasteiger partial charge >= 0.3 is 0 Å². The van der Waals surface area contributed by atoms with Gasteiger partial charge in [-0.25, -0.2) is 0 Å². The summed E-state index contributed by atoms with van der Waals surface area (Å²) in [6.45, 7) is 3.16. The Kier molecular flexibility index (Phi) is 5.24. The van der Waals surface area contributed by atoms with Crippen molar-refractivity contribution < 1.29 is 4.79 Å². The maximum atomic E-state index is 12.1. The average Bonchev–Trinajstić information content (AvgIpc) is 3.09. The van der Waals surface area contributed by atoms with Crippen molar-refractivity contribution >= 4 is 17.2 Å². The number of thiophene rings is 1. The molecule has 0 saturated carbocycles. The molecule has 22 heavy (non-hydrogen) atoms. The van der Waals surface area contributed by atoms with Gasteiger partial charge in [0.2, 0.25) is 0 Å². The first-order chi connectivity index (χ1) is 10.8. The van der Waals surface area contributed by atoms with Gasteiger partial charge in [-0.3, -0.25) is 4.79 Å². The van der Waals surface area contributed by atoms with Crippen molar-refractivity contribution in [3.05, 3.63) is 58.3 Å². The van der Waals surface area contributed by atoms with Gasteiger partial charge < -0.3 is 10.2 Å². The molecular weight excluding hydrogens is 292 g/mol. The van der Waals surface area contributed by atoms with Crippen LogP contribution in [0.25, 0.3) is 0 Å². The number of likely N-dealkylation sites (tertiary alicyclic amines) is 1. The number of nitrogens with one attached hydrogen (secondary N) is 1. The van der Waals surface area contributed by atoms with Crippen LogP contribution in [0.5, 0.6) is 0 Å². The Hall–Kier alpha value is -1.65. The number of benzene rings is 1. The van der Waals surface area contributed by atoms with Crippen molar-refractivity contribution in [2.45, 2.75) is 25.3 Å². The quantitative estimate of drug-likeness (QED) is 0.919. The van der Waals surface area contributed by atoms with E-state index in [1.165, 1.54) is 16.9 Å². The predicted octanol–water partition coefficient (Wildman–Crippen LogP) is 3.19. The van der Waals surface area contributed by atoms with Gasteiger partial charge in [0.25, 0.3) is 5.91 Å². The van der Waals surface area contributed by atoms with Crippen molar-refractivity contribution in [3.8, 4) is 0 Å². The lowest BCUT2D eigenvalue weighted by molar-refractivity contribution is 0.0908. The molecule has 2 heterocycles. The van der Waals surface area contributed by atoms with Gasteiger partial charge in [-0.2, -0.15) is 0 Å². The molecule has 0 unspecified atom stereocenters. The zero-order chi connectivity index (χ0) is 15.2. The standard InChI is InChI=1S/C18H22N2OS/c21-18(17-9-5-13-22-17)19-16-8-4-11-20(14-16)12-10-15-6-2-1-3-7-15/h1-3,5-7,9,13,16H,4,8,10-12,14H2,(H,19,21)/t16-/m1/s1. The second kappa shape index (κ2) is 7.56. The summed E-state index contributed by atoms with van der Waals surface area (Å²) in [5, 5.41) is 5.13. The summed E-state index contributed by atoms with van der Waals surface area (Å²) < 4.78 is 0. The highest BCUT2D eigenvalue weighted by molar-refractivity contribution is 7.12. The van der Waals surface area contributed by atoms with Gasteiger partial charge in [0, 0.05) is 19.1 Å². The summed E-state index contributed by atoms with van der Waals surface area (Å²) in [7, 11) is 0. The maximum absolute atomic E-state index is 12.1. The zero-order valence-corrected chi connectivity index (χ0v) is 13.5. The van der Waals surface area contributed by atoms with Crippen LogP contribution in [-0.4, -0.2) is 36.5 Å². The van der Waals surface area contributed by atoms with E-state index in [0.717, 1.165) is 43.8 Å². The summed E-state index contributed by atoms with van der Waals surface area (Å²) in [5.74, 6) is 0.0740. The highest BCUT2D eigenvalue weighted by Crippen LogP contribution is 2.14. The fourth-order valence-corrected chi connectivity index (χ4v) is 3.60. The first-order valence-corrected chi connectivity index (χ1v) is 8.80. The predicted molar refractivity (Wildman–Crippen MR) is 91.4 cm³/mol. The summed E-state index contributed by atoms with van der Waals surface area (Å²) in [5.41, 5.74) is 1.38. The van der Waals surface area contributed by atoms with E-state index in [1.807, 2.05) is 17.5 Å². The number of hydrogen-bond acceptors (Lipinski definition) is 3. The van der Waals surface area contributed by atoms with E-state index in [9.17, 15) is 4.79 Å². The third kappa shape index (κ3) is 4.18. The number of carbonyl (C=O) groups excluding carboxylic acids is 1. The number of piperidine rings is 1. The molecule has 2 aromatic rings. The number of amides is 1. The topological polar surface area (TPSA) is 32.3 Å². The van der Waals surface area contributed by atoms with Crippen molar-refractivity contribution in [3.63, 3.8) is 0 Å². The molecule has 1 saturated heterocycles. The van der Waals surface area contributed by atoms with E-state index < -0.39 is 0 Å². The van der Waals surface area contributed by atoms with E-state index >= 15 is 0 Å². The molecule has 4 heteroatoms. The Morgan fingerprint density at radius 3 is 2.86 bits per heavy atom. The molecule has 1 amide bonds. The molecule has 0 bridgehead atoms. The normalized spacial score (nSPS) is 19.0. The minimum absolute atomic E-state index is 0.0740. The van der Waals surface area contributed by atoms with E-state index in [4.69, 9.17) is 0 Å². The fourth-order valence-electron chi connectivity index (χ4n) is 2.97. The lowest BCUT2D eigenvalue weighted by Gasteiger charge is -2.33. The van der Waals surface area contributed by atoms with E-state index in [0.29, 0.717) is 0 Å². The third-order valence-corrected chi connectivity index (χ3v) is 5.01. The van der Waals surface area contributed by atoms with Gasteiger partial charge in [-0.1, -0.05) is 36.4 Å². The van der Waals surface area contributed by atoms with Crippen molar-refractivity contribution in [2.24, 2.45) is 0 Å². The van der Waals surface area contributed by atoms with Crippen LogP contribution in [0.2, 0.25) is 0 Å². The molecule has 116 valence electrons. The van der Waals surface area contributed by atoms with Crippen LogP contribution in [0.3, 0.4) is 0 Å². The third-order valence-electron chi connectivity index (χ3n) is 4.15. The molecule has 1 aromatic heterocycles. The first kappa shape index (κ1) is 15.3. The summed E-state index contributed by atoms with van der Waals surface area (Å²) >= 11 is 1.50. The maximum Gasteiger partial charge on any atom is 0.261 e. The molecule has 0 radical (unpaired) electrons. The Morgan fingerprint density at radius 1 is 1.23 bits per heavy atom. The number of carbonyl (C=O) groups is 1. The van der Waals surface area contributed by atoms with E-state index in [-0.39, 0.29) is 11.9 Å². The Balaban J connectivity index is 1.48. The number of nitrogens with zero attached hydrogens (tertiary/aromatic N) is 1. The molecule has 3 rings (SSSR count). The molecule has 1 N–H and O–H groups in total. The van der Waals surface area contributed by atoms with E-state index in [2.05, 4.69) is 40.5 Å². The van der Waals surface area contributed by atoms with Crippen LogP contribution in [0.15, 0.2) is 47.8 Å². The zero-order valence-electron chi connectivity index (χ0n) is 12.7. The largest absolute Gasteiger partial charge is 0.347 e. The molecule has 1 atom stereocenters. The molecule has 0 aliphatic carbocycles. The van der Waals surface area contributed by atoms with E-state index in [1.54, 1.807) is 0 Å². The highest BCUT2D eigenvalue weighted by atomic mass is 32.1. The number of rotatable bonds is 5. The molecule has 1 aliphatic heterocycles. The number of hydrogen-bond donors (Lipinski definition) is 1. The minimum Gasteiger partial charge on any atom is -0.347 e. The minimum atomic E-state index is 0.0740. The second-order valence-electron chi connectivity index (χ2n) is 5.83. The van der Waals surface area contributed by atoms with Gasteiger partial charge in [0.15, 0.2) is 0 Å². The monoisotopic (exact) mass is 314 g/mol. The summed E-state index contributed by atoms with van der Waals surface area (Å²) in [6.07, 6.45) is 3.32.